The lowest BCUT2D eigenvalue weighted by Gasteiger charge is -2.20. The van der Waals surface area contributed by atoms with Crippen molar-refractivity contribution in [3.8, 4) is 17.2 Å². The van der Waals surface area contributed by atoms with Gasteiger partial charge in [0.25, 0.3) is 5.91 Å². The summed E-state index contributed by atoms with van der Waals surface area (Å²) in [4.78, 5) is 35.1. The van der Waals surface area contributed by atoms with Crippen molar-refractivity contribution in [2.24, 2.45) is 0 Å². The zero-order chi connectivity index (χ0) is 20.9. The molecule has 1 heterocycles. The number of nitrogens with one attached hydrogen (secondary N) is 2. The van der Waals surface area contributed by atoms with Crippen LogP contribution in [0.1, 0.15) is 18.9 Å². The Morgan fingerprint density at radius 3 is 2.34 bits per heavy atom. The molecular weight excluding hydrogens is 376 g/mol. The Morgan fingerprint density at radius 1 is 1.03 bits per heavy atom. The van der Waals surface area contributed by atoms with Gasteiger partial charge in [-0.25, -0.2) is 9.59 Å². The van der Waals surface area contributed by atoms with Gasteiger partial charge in [-0.05, 0) is 49.6 Å². The fourth-order valence-corrected chi connectivity index (χ4v) is 2.91. The molecule has 2 aromatic rings. The van der Waals surface area contributed by atoms with Gasteiger partial charge in [-0.3, -0.25) is 10.1 Å². The summed E-state index contributed by atoms with van der Waals surface area (Å²) in [6.45, 7) is 1.43. The summed E-state index contributed by atoms with van der Waals surface area (Å²) in [6, 6.07) is 13.5. The molecule has 0 radical (unpaired) electrons. The number of hydrogen-bond acceptors (Lipinski definition) is 6. The molecule has 29 heavy (non-hydrogen) atoms. The molecule has 8 heteroatoms. The van der Waals surface area contributed by atoms with E-state index in [0.29, 0.717) is 30.1 Å². The third-order valence-corrected chi connectivity index (χ3v) is 4.60. The summed E-state index contributed by atoms with van der Waals surface area (Å²) in [5.41, 5.74) is 0.0307. The first-order valence-electron chi connectivity index (χ1n) is 9.09. The summed E-state index contributed by atoms with van der Waals surface area (Å²) in [5, 5.41) is 4.87. The third-order valence-electron chi connectivity index (χ3n) is 4.60. The molecule has 2 aromatic carbocycles. The van der Waals surface area contributed by atoms with Gasteiger partial charge in [-0.1, -0.05) is 24.3 Å². The lowest BCUT2D eigenvalue weighted by atomic mass is 9.93. The van der Waals surface area contributed by atoms with Crippen molar-refractivity contribution in [2.75, 3.05) is 13.7 Å². The van der Waals surface area contributed by atoms with E-state index in [-0.39, 0.29) is 12.5 Å². The molecule has 0 aromatic heterocycles. The number of amides is 3. The topological polar surface area (TPSA) is 103 Å². The van der Waals surface area contributed by atoms with Crippen LogP contribution in [0.5, 0.6) is 17.2 Å². The molecule has 2 N–H and O–H groups in total. The number of imide groups is 1. The van der Waals surface area contributed by atoms with Crippen LogP contribution in [0.25, 0.3) is 0 Å². The number of rotatable bonds is 8. The van der Waals surface area contributed by atoms with Crippen molar-refractivity contribution in [3.05, 3.63) is 54.1 Å². The highest BCUT2D eigenvalue weighted by molar-refractivity contribution is 6.06. The predicted molar refractivity (Wildman–Crippen MR) is 104 cm³/mol. The van der Waals surface area contributed by atoms with Gasteiger partial charge in [0.2, 0.25) is 0 Å². The first-order valence-corrected chi connectivity index (χ1v) is 9.09. The van der Waals surface area contributed by atoms with E-state index in [0.717, 1.165) is 5.56 Å². The van der Waals surface area contributed by atoms with E-state index in [2.05, 4.69) is 10.6 Å². The van der Waals surface area contributed by atoms with Crippen molar-refractivity contribution in [1.82, 2.24) is 10.6 Å². The number of methoxy groups -OCH3 is 1. The SMILES string of the molecule is COc1ccccc1OCC(=O)Oc1ccc(CC[C@@]2(C)NC(=O)NC2=O)cc1. The smallest absolute Gasteiger partial charge is 0.349 e. The van der Waals surface area contributed by atoms with E-state index < -0.39 is 17.5 Å². The molecule has 3 amide bonds. The highest BCUT2D eigenvalue weighted by Gasteiger charge is 2.41. The molecule has 1 atom stereocenters. The van der Waals surface area contributed by atoms with E-state index in [9.17, 15) is 14.4 Å². The van der Waals surface area contributed by atoms with E-state index in [1.165, 1.54) is 7.11 Å². The number of benzene rings is 2. The Bertz CT molecular complexity index is 912. The molecule has 0 spiro atoms. The fourth-order valence-electron chi connectivity index (χ4n) is 2.91. The first-order chi connectivity index (χ1) is 13.9. The maximum Gasteiger partial charge on any atom is 0.349 e. The van der Waals surface area contributed by atoms with E-state index in [1.54, 1.807) is 43.3 Å². The number of carbonyl (C=O) groups excluding carboxylic acids is 3. The standard InChI is InChI=1S/C21H22N2O6/c1-21(19(25)22-20(26)23-21)12-11-14-7-9-15(10-8-14)29-18(24)13-28-17-6-4-3-5-16(17)27-2/h3-10H,11-13H2,1-2H3,(H2,22,23,25,26)/t21-/m1/s1. The number of hydrogen-bond donors (Lipinski definition) is 2. The number of esters is 1. The van der Waals surface area contributed by atoms with Crippen LogP contribution in [0.2, 0.25) is 0 Å². The highest BCUT2D eigenvalue weighted by atomic mass is 16.6. The van der Waals surface area contributed by atoms with Crippen LogP contribution in [0, 0.1) is 0 Å². The second-order valence-corrected chi connectivity index (χ2v) is 6.80. The lowest BCUT2D eigenvalue weighted by Crippen LogP contribution is -2.43. The molecule has 0 bridgehead atoms. The predicted octanol–water partition coefficient (Wildman–Crippen LogP) is 2.21. The summed E-state index contributed by atoms with van der Waals surface area (Å²) in [6.07, 6.45) is 1.03. The number of urea groups is 1. The van der Waals surface area contributed by atoms with E-state index in [1.807, 2.05) is 12.1 Å². The van der Waals surface area contributed by atoms with Crippen LogP contribution in [0.15, 0.2) is 48.5 Å². The van der Waals surface area contributed by atoms with Gasteiger partial charge in [-0.15, -0.1) is 0 Å². The molecule has 1 aliphatic heterocycles. The van der Waals surface area contributed by atoms with Gasteiger partial charge in [0.05, 0.1) is 7.11 Å². The van der Waals surface area contributed by atoms with Crippen molar-refractivity contribution < 1.29 is 28.6 Å². The Kier molecular flexibility index (Phi) is 6.01. The minimum Gasteiger partial charge on any atom is -0.493 e. The Morgan fingerprint density at radius 2 is 1.72 bits per heavy atom. The Labute approximate surface area is 168 Å². The fraction of sp³-hybridized carbons (Fsp3) is 0.286. The summed E-state index contributed by atoms with van der Waals surface area (Å²) >= 11 is 0. The van der Waals surface area contributed by atoms with Crippen LogP contribution < -0.4 is 24.8 Å². The Balaban J connectivity index is 1.49. The van der Waals surface area contributed by atoms with Gasteiger partial charge < -0.3 is 19.5 Å². The minimum absolute atomic E-state index is 0.255. The zero-order valence-corrected chi connectivity index (χ0v) is 16.2. The average molecular weight is 398 g/mol. The van der Waals surface area contributed by atoms with Crippen LogP contribution in [0.3, 0.4) is 0 Å². The molecular formula is C21H22N2O6. The largest absolute Gasteiger partial charge is 0.493 e. The minimum atomic E-state index is -0.919. The lowest BCUT2D eigenvalue weighted by molar-refractivity contribution is -0.136. The molecule has 1 saturated heterocycles. The number of aryl methyl sites for hydroxylation is 1. The van der Waals surface area contributed by atoms with Crippen LogP contribution in [-0.4, -0.2) is 37.2 Å². The van der Waals surface area contributed by atoms with Gasteiger partial charge in [0.15, 0.2) is 18.1 Å². The van der Waals surface area contributed by atoms with Gasteiger partial charge >= 0.3 is 12.0 Å². The van der Waals surface area contributed by atoms with E-state index in [4.69, 9.17) is 14.2 Å². The molecule has 0 saturated carbocycles. The molecule has 8 nitrogen and oxygen atoms in total. The van der Waals surface area contributed by atoms with E-state index >= 15 is 0 Å². The van der Waals surface area contributed by atoms with Gasteiger partial charge in [0, 0.05) is 0 Å². The molecule has 0 aliphatic carbocycles. The molecule has 1 fully saturated rings. The number of para-hydroxylation sites is 2. The molecule has 3 rings (SSSR count). The van der Waals surface area contributed by atoms with Crippen LogP contribution >= 0.6 is 0 Å². The van der Waals surface area contributed by atoms with Crippen molar-refractivity contribution >= 4 is 17.9 Å². The molecule has 1 aliphatic rings. The molecule has 0 unspecified atom stereocenters. The second-order valence-electron chi connectivity index (χ2n) is 6.80. The first kappa shape index (κ1) is 20.2. The average Bonchev–Trinajstić information content (AvgIpc) is 2.97. The zero-order valence-electron chi connectivity index (χ0n) is 16.2. The summed E-state index contributed by atoms with van der Waals surface area (Å²) in [7, 11) is 1.52. The summed E-state index contributed by atoms with van der Waals surface area (Å²) < 4.78 is 15.9. The van der Waals surface area contributed by atoms with Crippen molar-refractivity contribution in [1.29, 1.82) is 0 Å². The monoisotopic (exact) mass is 398 g/mol. The third kappa shape index (κ3) is 5.04. The maximum absolute atomic E-state index is 12.0. The quantitative estimate of drug-likeness (QED) is 0.402. The van der Waals surface area contributed by atoms with Crippen molar-refractivity contribution in [2.45, 2.75) is 25.3 Å². The number of ether oxygens (including phenoxy) is 3. The molecule has 152 valence electrons. The van der Waals surface area contributed by atoms with Gasteiger partial charge in [-0.2, -0.15) is 0 Å². The van der Waals surface area contributed by atoms with Gasteiger partial charge in [0.1, 0.15) is 11.3 Å². The Hall–Kier alpha value is -3.55. The van der Waals surface area contributed by atoms with Crippen molar-refractivity contribution in [3.63, 3.8) is 0 Å². The second kappa shape index (κ2) is 8.64. The number of carbonyl (C=O) groups is 3. The van der Waals surface area contributed by atoms with Crippen LogP contribution in [0.4, 0.5) is 4.79 Å². The normalized spacial score (nSPS) is 18.0. The maximum atomic E-state index is 12.0. The highest BCUT2D eigenvalue weighted by Crippen LogP contribution is 2.26. The van der Waals surface area contributed by atoms with Crippen LogP contribution in [-0.2, 0) is 16.0 Å². The summed E-state index contributed by atoms with van der Waals surface area (Å²) in [5.74, 6) is 0.509.